The SMILES string of the molecule is COc1cccc2c1Oc1c(c(=O)n(-c3ccccc3)n1CC(=O)Nc1cccc(F)c1)C2. The molecular formula is C25H20FN3O4. The van der Waals surface area contributed by atoms with Crippen molar-refractivity contribution in [3.8, 4) is 23.1 Å². The highest BCUT2D eigenvalue weighted by Crippen LogP contribution is 2.41. The van der Waals surface area contributed by atoms with Crippen LogP contribution < -0.4 is 20.3 Å². The molecule has 0 saturated heterocycles. The number of amides is 1. The van der Waals surface area contributed by atoms with Crippen LogP contribution in [0.25, 0.3) is 5.69 Å². The topological polar surface area (TPSA) is 74.5 Å². The van der Waals surface area contributed by atoms with Crippen molar-refractivity contribution >= 4 is 11.6 Å². The summed E-state index contributed by atoms with van der Waals surface area (Å²) in [4.78, 5) is 26.3. The monoisotopic (exact) mass is 445 g/mol. The molecule has 33 heavy (non-hydrogen) atoms. The summed E-state index contributed by atoms with van der Waals surface area (Å²) < 4.78 is 28.0. The molecule has 7 nitrogen and oxygen atoms in total. The van der Waals surface area contributed by atoms with E-state index in [0.29, 0.717) is 34.9 Å². The lowest BCUT2D eigenvalue weighted by molar-refractivity contribution is -0.117. The number of nitrogens with zero attached hydrogens (tertiary/aromatic N) is 2. The summed E-state index contributed by atoms with van der Waals surface area (Å²) in [5, 5.41) is 2.67. The molecule has 1 aromatic heterocycles. The number of hydrogen-bond donors (Lipinski definition) is 1. The van der Waals surface area contributed by atoms with E-state index in [9.17, 15) is 14.0 Å². The van der Waals surface area contributed by atoms with Crippen molar-refractivity contribution in [2.75, 3.05) is 12.4 Å². The highest BCUT2D eigenvalue weighted by atomic mass is 19.1. The van der Waals surface area contributed by atoms with E-state index in [1.807, 2.05) is 30.3 Å². The van der Waals surface area contributed by atoms with Gasteiger partial charge in [-0.3, -0.25) is 9.59 Å². The molecule has 8 heteroatoms. The van der Waals surface area contributed by atoms with Crippen molar-refractivity contribution < 1.29 is 18.7 Å². The molecule has 0 aliphatic carbocycles. The summed E-state index contributed by atoms with van der Waals surface area (Å²) in [6, 6.07) is 20.1. The first-order chi connectivity index (χ1) is 16.0. The largest absolute Gasteiger partial charge is 0.493 e. The van der Waals surface area contributed by atoms with Crippen LogP contribution in [0.2, 0.25) is 0 Å². The number of carbonyl (C=O) groups excluding carboxylic acids is 1. The predicted octanol–water partition coefficient (Wildman–Crippen LogP) is 4.12. The van der Waals surface area contributed by atoms with E-state index in [1.54, 1.807) is 31.4 Å². The lowest BCUT2D eigenvalue weighted by atomic mass is 10.0. The number of halogens is 1. The van der Waals surface area contributed by atoms with Crippen LogP contribution in [-0.4, -0.2) is 22.4 Å². The van der Waals surface area contributed by atoms with Crippen molar-refractivity contribution in [3.05, 3.63) is 100 Å². The number of para-hydroxylation sites is 2. The number of benzene rings is 3. The average molecular weight is 445 g/mol. The van der Waals surface area contributed by atoms with Gasteiger partial charge in [0.1, 0.15) is 12.4 Å². The zero-order valence-electron chi connectivity index (χ0n) is 17.7. The van der Waals surface area contributed by atoms with Crippen LogP contribution in [0.4, 0.5) is 10.1 Å². The van der Waals surface area contributed by atoms with Gasteiger partial charge in [-0.05, 0) is 36.4 Å². The van der Waals surface area contributed by atoms with Crippen molar-refractivity contribution in [2.45, 2.75) is 13.0 Å². The van der Waals surface area contributed by atoms with E-state index < -0.39 is 11.7 Å². The second-order valence-electron chi connectivity index (χ2n) is 7.58. The number of carbonyl (C=O) groups is 1. The number of hydrogen-bond acceptors (Lipinski definition) is 4. The second kappa shape index (κ2) is 8.31. The molecule has 0 atom stereocenters. The minimum Gasteiger partial charge on any atom is -0.493 e. The van der Waals surface area contributed by atoms with Gasteiger partial charge in [-0.15, -0.1) is 0 Å². The van der Waals surface area contributed by atoms with E-state index in [0.717, 1.165) is 5.56 Å². The maximum absolute atomic E-state index is 13.5. The fourth-order valence-electron chi connectivity index (χ4n) is 3.98. The first-order valence-electron chi connectivity index (χ1n) is 10.3. The molecule has 1 N–H and O–H groups in total. The van der Waals surface area contributed by atoms with E-state index in [1.165, 1.54) is 27.6 Å². The van der Waals surface area contributed by atoms with Gasteiger partial charge in [-0.2, -0.15) is 0 Å². The molecule has 0 unspecified atom stereocenters. The first kappa shape index (κ1) is 20.6. The first-order valence-corrected chi connectivity index (χ1v) is 10.3. The predicted molar refractivity (Wildman–Crippen MR) is 121 cm³/mol. The molecule has 0 radical (unpaired) electrons. The number of ether oxygens (including phenoxy) is 2. The maximum atomic E-state index is 13.5. The minimum absolute atomic E-state index is 0.222. The molecule has 2 heterocycles. The smallest absolute Gasteiger partial charge is 0.278 e. The zero-order chi connectivity index (χ0) is 22.9. The van der Waals surface area contributed by atoms with Crippen LogP contribution in [0.1, 0.15) is 11.1 Å². The summed E-state index contributed by atoms with van der Waals surface area (Å²) >= 11 is 0. The number of anilines is 1. The normalized spacial score (nSPS) is 11.8. The number of fused-ring (bicyclic) bond motifs is 2. The third-order valence-corrected chi connectivity index (χ3v) is 5.43. The Morgan fingerprint density at radius 2 is 1.88 bits per heavy atom. The van der Waals surface area contributed by atoms with Crippen molar-refractivity contribution in [3.63, 3.8) is 0 Å². The summed E-state index contributed by atoms with van der Waals surface area (Å²) in [5.74, 6) is 0.429. The summed E-state index contributed by atoms with van der Waals surface area (Å²) in [6.45, 7) is -0.222. The van der Waals surface area contributed by atoms with Gasteiger partial charge in [-0.1, -0.05) is 36.4 Å². The van der Waals surface area contributed by atoms with Gasteiger partial charge in [0, 0.05) is 17.7 Å². The Hall–Kier alpha value is -4.33. The Kier molecular flexibility index (Phi) is 5.18. The van der Waals surface area contributed by atoms with Crippen LogP contribution in [0, 0.1) is 5.82 Å². The number of nitrogens with one attached hydrogen (secondary N) is 1. The lowest BCUT2D eigenvalue weighted by Crippen LogP contribution is -2.27. The van der Waals surface area contributed by atoms with Crippen LogP contribution in [0.15, 0.2) is 77.6 Å². The van der Waals surface area contributed by atoms with Crippen LogP contribution in [-0.2, 0) is 17.8 Å². The summed E-state index contributed by atoms with van der Waals surface area (Å²) in [6.07, 6.45) is 0.339. The van der Waals surface area contributed by atoms with Crippen LogP contribution in [0.3, 0.4) is 0 Å². The molecular weight excluding hydrogens is 425 g/mol. The Balaban J connectivity index is 1.59. The van der Waals surface area contributed by atoms with Gasteiger partial charge in [0.15, 0.2) is 11.5 Å². The molecule has 0 spiro atoms. The molecule has 5 rings (SSSR count). The fourth-order valence-corrected chi connectivity index (χ4v) is 3.98. The molecule has 0 fully saturated rings. The molecule has 1 aliphatic rings. The Bertz CT molecular complexity index is 1410. The van der Waals surface area contributed by atoms with E-state index in [2.05, 4.69) is 5.32 Å². The molecule has 1 amide bonds. The molecule has 4 aromatic rings. The van der Waals surface area contributed by atoms with Gasteiger partial charge in [0.05, 0.1) is 18.4 Å². The number of methoxy groups -OCH3 is 1. The minimum atomic E-state index is -0.459. The van der Waals surface area contributed by atoms with Crippen molar-refractivity contribution in [2.24, 2.45) is 0 Å². The van der Waals surface area contributed by atoms with Gasteiger partial charge < -0.3 is 14.8 Å². The molecule has 3 aromatic carbocycles. The highest BCUT2D eigenvalue weighted by Gasteiger charge is 2.30. The van der Waals surface area contributed by atoms with E-state index in [-0.39, 0.29) is 18.0 Å². The molecule has 0 bridgehead atoms. The molecule has 166 valence electrons. The maximum Gasteiger partial charge on any atom is 0.278 e. The Morgan fingerprint density at radius 1 is 1.09 bits per heavy atom. The van der Waals surface area contributed by atoms with Crippen LogP contribution in [0.5, 0.6) is 17.4 Å². The Labute approximate surface area is 188 Å². The quantitative estimate of drug-likeness (QED) is 0.442. The number of aromatic nitrogens is 2. The third-order valence-electron chi connectivity index (χ3n) is 5.43. The standard InChI is InChI=1S/C25H20FN3O4/c1-32-21-12-5-7-16-13-20-24(31)29(19-10-3-2-4-11-19)28(25(20)33-23(16)21)15-22(30)27-18-9-6-8-17(26)14-18/h2-12,14H,13,15H2,1H3,(H,27,30). The average Bonchev–Trinajstić information content (AvgIpc) is 3.08. The lowest BCUT2D eigenvalue weighted by Gasteiger charge is -2.21. The zero-order valence-corrected chi connectivity index (χ0v) is 17.7. The molecule has 1 aliphatic heterocycles. The van der Waals surface area contributed by atoms with Gasteiger partial charge in [0.2, 0.25) is 11.8 Å². The second-order valence-corrected chi connectivity index (χ2v) is 7.58. The van der Waals surface area contributed by atoms with Gasteiger partial charge in [-0.25, -0.2) is 13.8 Å². The summed E-state index contributed by atoms with van der Waals surface area (Å²) in [7, 11) is 1.54. The molecule has 0 saturated carbocycles. The van der Waals surface area contributed by atoms with Crippen LogP contribution >= 0.6 is 0 Å². The highest BCUT2D eigenvalue weighted by molar-refractivity contribution is 5.90. The van der Waals surface area contributed by atoms with Crippen molar-refractivity contribution in [1.82, 2.24) is 9.36 Å². The Morgan fingerprint density at radius 3 is 2.64 bits per heavy atom. The van der Waals surface area contributed by atoms with Gasteiger partial charge in [0.25, 0.3) is 5.56 Å². The summed E-state index contributed by atoms with van der Waals surface area (Å²) in [5.41, 5.74) is 1.90. The van der Waals surface area contributed by atoms with Gasteiger partial charge >= 0.3 is 0 Å². The number of rotatable bonds is 5. The third kappa shape index (κ3) is 3.76. The fraction of sp³-hybridized carbons (Fsp3) is 0.120. The van der Waals surface area contributed by atoms with E-state index in [4.69, 9.17) is 9.47 Å². The van der Waals surface area contributed by atoms with E-state index >= 15 is 0 Å². The van der Waals surface area contributed by atoms with Crippen molar-refractivity contribution in [1.29, 1.82) is 0 Å².